The monoisotopic (exact) mass is 719 g/mol. The van der Waals surface area contributed by atoms with Crippen LogP contribution in [0.25, 0.3) is 82.4 Å². The second-order valence-corrected chi connectivity index (χ2v) is 17.4. The number of rotatable bonds is 3. The fourth-order valence-electron chi connectivity index (χ4n) is 12.7. The van der Waals surface area contributed by atoms with Crippen LogP contribution in [0.3, 0.4) is 0 Å². The Balaban J connectivity index is 1.13. The normalized spacial score (nSPS) is 22.6. The molecule has 0 radical (unpaired) electrons. The molecule has 2 fully saturated rings. The summed E-state index contributed by atoms with van der Waals surface area (Å²) in [5.41, 5.74) is 15.1. The first-order valence-corrected chi connectivity index (χ1v) is 20.9. The highest BCUT2D eigenvalue weighted by Crippen LogP contribution is 2.66. The zero-order valence-electron chi connectivity index (χ0n) is 32.2. The average molecular weight is 720 g/mol. The summed E-state index contributed by atoms with van der Waals surface area (Å²) in [5, 5.41) is 7.82. The number of nitrogens with zero attached hydrogens (tertiary/aromatic N) is 1. The van der Waals surface area contributed by atoms with E-state index >= 15 is 0 Å². The molecule has 5 atom stereocenters. The summed E-state index contributed by atoms with van der Waals surface area (Å²) in [6, 6.07) is 62.1. The van der Waals surface area contributed by atoms with Crippen LogP contribution in [0.4, 0.5) is 0 Å². The third-order valence-corrected chi connectivity index (χ3v) is 14.5. The number of para-hydroxylation sites is 2. The third kappa shape index (κ3) is 4.32. The molecule has 1 spiro atoms. The van der Waals surface area contributed by atoms with Crippen LogP contribution in [0.5, 0.6) is 0 Å². The predicted molar refractivity (Wildman–Crippen MR) is 237 cm³/mol. The Morgan fingerprint density at radius 1 is 0.446 bits per heavy atom. The summed E-state index contributed by atoms with van der Waals surface area (Å²) in [4.78, 5) is 0. The maximum Gasteiger partial charge on any atom is 0.0541 e. The lowest BCUT2D eigenvalue weighted by atomic mass is 9.49. The van der Waals surface area contributed by atoms with Gasteiger partial charge in [0.05, 0.1) is 11.0 Å². The van der Waals surface area contributed by atoms with Gasteiger partial charge in [0.1, 0.15) is 0 Å². The van der Waals surface area contributed by atoms with Crippen molar-refractivity contribution in [1.82, 2.24) is 4.57 Å². The van der Waals surface area contributed by atoms with Gasteiger partial charge in [-0.2, -0.15) is 0 Å². The van der Waals surface area contributed by atoms with E-state index in [1.54, 1.807) is 11.1 Å². The van der Waals surface area contributed by atoms with Crippen molar-refractivity contribution in [2.24, 2.45) is 23.7 Å². The Bertz CT molecular complexity index is 2980. The summed E-state index contributed by atoms with van der Waals surface area (Å²) in [7, 11) is 0. The van der Waals surface area contributed by atoms with Gasteiger partial charge in [-0.15, -0.1) is 0 Å². The van der Waals surface area contributed by atoms with Crippen molar-refractivity contribution in [3.63, 3.8) is 0 Å². The van der Waals surface area contributed by atoms with Crippen molar-refractivity contribution in [2.75, 3.05) is 0 Å². The minimum atomic E-state index is 0.0625. The molecule has 0 N–H and O–H groups in total. The largest absolute Gasteiger partial charge is 0.309 e. The number of aromatic nitrogens is 1. The number of fused-ring (bicyclic) bond motifs is 13. The smallest absolute Gasteiger partial charge is 0.0541 e. The first-order valence-electron chi connectivity index (χ1n) is 20.9. The van der Waals surface area contributed by atoms with Crippen molar-refractivity contribution >= 4 is 43.4 Å². The van der Waals surface area contributed by atoms with Gasteiger partial charge in [-0.25, -0.2) is 0 Å². The van der Waals surface area contributed by atoms with Gasteiger partial charge in [0.2, 0.25) is 0 Å². The lowest BCUT2D eigenvalue weighted by Crippen LogP contribution is -2.49. The van der Waals surface area contributed by atoms with E-state index in [0.29, 0.717) is 11.8 Å². The van der Waals surface area contributed by atoms with E-state index in [-0.39, 0.29) is 5.41 Å². The van der Waals surface area contributed by atoms with Gasteiger partial charge in [0.25, 0.3) is 0 Å². The Morgan fingerprint density at radius 2 is 1.05 bits per heavy atom. The molecule has 2 bridgehead atoms. The van der Waals surface area contributed by atoms with Gasteiger partial charge >= 0.3 is 0 Å². The molecule has 270 valence electrons. The second-order valence-electron chi connectivity index (χ2n) is 17.4. The van der Waals surface area contributed by atoms with E-state index < -0.39 is 0 Å². The van der Waals surface area contributed by atoms with Crippen LogP contribution in [-0.2, 0) is 5.41 Å². The Kier molecular flexibility index (Phi) is 6.95. The van der Waals surface area contributed by atoms with E-state index in [1.807, 2.05) is 0 Å². The van der Waals surface area contributed by atoms with E-state index in [4.69, 9.17) is 0 Å². The molecule has 1 heteroatoms. The van der Waals surface area contributed by atoms with Crippen molar-refractivity contribution in [3.8, 4) is 39.1 Å². The molecule has 1 heterocycles. The molecular weight excluding hydrogens is 675 g/mol. The zero-order chi connectivity index (χ0) is 37.1. The minimum absolute atomic E-state index is 0.0625. The molecular formula is C55H45N. The number of hydrogen-bond donors (Lipinski definition) is 0. The van der Waals surface area contributed by atoms with E-state index in [0.717, 1.165) is 11.8 Å². The average Bonchev–Trinajstić information content (AvgIpc) is 3.73. The SMILES string of the molecule is CC1CC2CC(C)C3(c4ccccc4-c4c(-c5c6ccccc6c(-c6ccc7c(c6)c6ccccc6n7-c6ccccc6)c6ccccc56)cccc43)C(C1)C2. The number of benzene rings is 8. The zero-order valence-corrected chi connectivity index (χ0v) is 32.2. The topological polar surface area (TPSA) is 4.93 Å². The maximum absolute atomic E-state index is 2.58. The van der Waals surface area contributed by atoms with E-state index in [2.05, 4.69) is 182 Å². The summed E-state index contributed by atoms with van der Waals surface area (Å²) in [6.45, 7) is 5.10. The Morgan fingerprint density at radius 3 is 1.82 bits per heavy atom. The van der Waals surface area contributed by atoms with Gasteiger partial charge in [-0.05, 0) is 146 Å². The Hall–Kier alpha value is -5.92. The fraction of sp³-hybridized carbons (Fsp3) is 0.200. The first kappa shape index (κ1) is 32.3. The summed E-state index contributed by atoms with van der Waals surface area (Å²) in [6.07, 6.45) is 5.42. The molecule has 0 saturated heterocycles. The minimum Gasteiger partial charge on any atom is -0.309 e. The molecule has 3 aliphatic carbocycles. The molecule has 9 aromatic rings. The van der Waals surface area contributed by atoms with Crippen LogP contribution in [-0.4, -0.2) is 4.57 Å². The molecule has 5 unspecified atom stereocenters. The summed E-state index contributed by atoms with van der Waals surface area (Å²) in [5.74, 6) is 2.93. The van der Waals surface area contributed by atoms with Gasteiger partial charge in [0, 0.05) is 21.9 Å². The second kappa shape index (κ2) is 12.0. The molecule has 56 heavy (non-hydrogen) atoms. The molecule has 8 aromatic carbocycles. The Labute approximate surface area is 329 Å². The predicted octanol–water partition coefficient (Wildman–Crippen LogP) is 14.8. The molecule has 1 aromatic heterocycles. The molecule has 3 aliphatic rings. The van der Waals surface area contributed by atoms with Crippen LogP contribution < -0.4 is 0 Å². The molecule has 2 saturated carbocycles. The highest BCUT2D eigenvalue weighted by Gasteiger charge is 2.56. The van der Waals surface area contributed by atoms with Crippen LogP contribution in [0.15, 0.2) is 164 Å². The van der Waals surface area contributed by atoms with Crippen LogP contribution in [0.1, 0.15) is 50.7 Å². The quantitative estimate of drug-likeness (QED) is 0.160. The maximum atomic E-state index is 2.58. The van der Waals surface area contributed by atoms with Crippen LogP contribution >= 0.6 is 0 Å². The summed E-state index contributed by atoms with van der Waals surface area (Å²) >= 11 is 0. The lowest BCUT2D eigenvalue weighted by molar-refractivity contribution is 0.0426. The molecule has 1 nitrogen and oxygen atoms in total. The van der Waals surface area contributed by atoms with Gasteiger partial charge in [0.15, 0.2) is 0 Å². The van der Waals surface area contributed by atoms with Gasteiger partial charge in [-0.1, -0.05) is 147 Å². The first-order chi connectivity index (χ1) is 27.6. The highest BCUT2D eigenvalue weighted by molar-refractivity contribution is 6.23. The third-order valence-electron chi connectivity index (χ3n) is 14.5. The van der Waals surface area contributed by atoms with Crippen molar-refractivity contribution in [3.05, 3.63) is 175 Å². The van der Waals surface area contributed by atoms with Gasteiger partial charge in [-0.3, -0.25) is 0 Å². The standard InChI is InChI=1S/C55H45N/c1-34-29-36-31-35(2)55(38(30-34)32-36)48-24-12-10-22-45(48)54-46(23-14-25-49(54)55)53-43-20-8-6-18-41(43)52(42-19-7-9-21-44(42)53)37-27-28-51-47(33-37)40-17-11-13-26-50(40)56(51)39-15-4-3-5-16-39/h3-28,33-36,38H,29-32H2,1-2H3. The van der Waals surface area contributed by atoms with Crippen LogP contribution in [0.2, 0.25) is 0 Å². The molecule has 0 amide bonds. The van der Waals surface area contributed by atoms with Crippen molar-refractivity contribution < 1.29 is 0 Å². The summed E-state index contributed by atoms with van der Waals surface area (Å²) < 4.78 is 2.41. The van der Waals surface area contributed by atoms with Crippen molar-refractivity contribution in [2.45, 2.75) is 44.9 Å². The van der Waals surface area contributed by atoms with Crippen molar-refractivity contribution in [1.29, 1.82) is 0 Å². The van der Waals surface area contributed by atoms with Crippen LogP contribution in [0, 0.1) is 23.7 Å². The van der Waals surface area contributed by atoms with E-state index in [9.17, 15) is 0 Å². The lowest BCUT2D eigenvalue weighted by Gasteiger charge is -2.54. The molecule has 12 rings (SSSR count). The molecule has 0 aliphatic heterocycles. The number of hydrogen-bond acceptors (Lipinski definition) is 0. The van der Waals surface area contributed by atoms with Gasteiger partial charge < -0.3 is 4.57 Å². The fourth-order valence-corrected chi connectivity index (χ4v) is 12.7. The van der Waals surface area contributed by atoms with E-state index in [1.165, 1.54) is 108 Å². The highest BCUT2D eigenvalue weighted by atomic mass is 15.0.